The maximum Gasteiger partial charge on any atom is 0.396 e. The third-order valence-electron chi connectivity index (χ3n) is 1.86. The maximum atomic E-state index is 11.3. The summed E-state index contributed by atoms with van der Waals surface area (Å²) in [5.41, 5.74) is 0. The SMILES string of the molecule is CCOC(=O)c1nnc(SCc2cnc(C)s2)o1. The van der Waals surface area contributed by atoms with E-state index in [1.54, 1.807) is 18.3 Å². The van der Waals surface area contributed by atoms with Crippen molar-refractivity contribution < 1.29 is 13.9 Å². The largest absolute Gasteiger partial charge is 0.459 e. The molecule has 0 atom stereocenters. The Bertz CT molecular complexity index is 538. The summed E-state index contributed by atoms with van der Waals surface area (Å²) >= 11 is 2.98. The van der Waals surface area contributed by atoms with Gasteiger partial charge in [-0.25, -0.2) is 9.78 Å². The molecular formula is C10H11N3O3S2. The lowest BCUT2D eigenvalue weighted by molar-refractivity contribution is 0.0475. The zero-order valence-electron chi connectivity index (χ0n) is 9.87. The fraction of sp³-hybridized carbons (Fsp3) is 0.400. The van der Waals surface area contributed by atoms with Crippen molar-refractivity contribution in [1.82, 2.24) is 15.2 Å². The molecule has 0 saturated carbocycles. The van der Waals surface area contributed by atoms with Gasteiger partial charge < -0.3 is 9.15 Å². The third kappa shape index (κ3) is 3.30. The van der Waals surface area contributed by atoms with Crippen LogP contribution >= 0.6 is 23.1 Å². The van der Waals surface area contributed by atoms with Crippen LogP contribution in [0.2, 0.25) is 0 Å². The van der Waals surface area contributed by atoms with E-state index in [9.17, 15) is 4.79 Å². The molecule has 0 radical (unpaired) electrons. The van der Waals surface area contributed by atoms with Gasteiger partial charge in [0.25, 0.3) is 5.22 Å². The number of thiazole rings is 1. The summed E-state index contributed by atoms with van der Waals surface area (Å²) < 4.78 is 9.93. The van der Waals surface area contributed by atoms with E-state index in [-0.39, 0.29) is 12.5 Å². The van der Waals surface area contributed by atoms with Crippen LogP contribution in [-0.2, 0) is 10.5 Å². The van der Waals surface area contributed by atoms with Crippen molar-refractivity contribution in [2.75, 3.05) is 6.61 Å². The minimum Gasteiger partial charge on any atom is -0.459 e. The topological polar surface area (TPSA) is 78.1 Å². The van der Waals surface area contributed by atoms with E-state index in [1.807, 2.05) is 13.1 Å². The minimum atomic E-state index is -0.592. The van der Waals surface area contributed by atoms with Gasteiger partial charge in [-0.15, -0.1) is 16.4 Å². The zero-order valence-corrected chi connectivity index (χ0v) is 11.5. The molecule has 0 unspecified atom stereocenters. The Hall–Kier alpha value is -1.41. The number of rotatable bonds is 5. The fourth-order valence-electron chi connectivity index (χ4n) is 1.15. The second-order valence-electron chi connectivity index (χ2n) is 3.23. The maximum absolute atomic E-state index is 11.3. The molecule has 0 saturated heterocycles. The summed E-state index contributed by atoms with van der Waals surface area (Å²) in [6.07, 6.45) is 1.82. The highest BCUT2D eigenvalue weighted by Gasteiger charge is 2.16. The van der Waals surface area contributed by atoms with Crippen molar-refractivity contribution in [3.8, 4) is 0 Å². The minimum absolute atomic E-state index is 0.111. The Balaban J connectivity index is 1.92. The molecule has 6 nitrogen and oxygen atoms in total. The van der Waals surface area contributed by atoms with Gasteiger partial charge in [-0.3, -0.25) is 0 Å². The van der Waals surface area contributed by atoms with Crippen molar-refractivity contribution in [2.45, 2.75) is 24.8 Å². The van der Waals surface area contributed by atoms with Crippen molar-refractivity contribution in [3.05, 3.63) is 22.0 Å². The summed E-state index contributed by atoms with van der Waals surface area (Å²) in [6, 6.07) is 0. The molecular weight excluding hydrogens is 274 g/mol. The molecule has 2 aromatic rings. The standard InChI is InChI=1S/C10H11N3O3S2/c1-3-15-9(14)8-12-13-10(16-8)17-5-7-4-11-6(2)18-7/h4H,3,5H2,1-2H3. The molecule has 2 aromatic heterocycles. The first-order chi connectivity index (χ1) is 8.69. The number of hydrogen-bond acceptors (Lipinski definition) is 8. The van der Waals surface area contributed by atoms with Crippen LogP contribution in [0.1, 0.15) is 27.5 Å². The highest BCUT2D eigenvalue weighted by atomic mass is 32.2. The first kappa shape index (κ1) is 13.0. The van der Waals surface area contributed by atoms with Crippen molar-refractivity contribution in [1.29, 1.82) is 0 Å². The predicted octanol–water partition coefficient (Wildman–Crippen LogP) is 2.30. The van der Waals surface area contributed by atoms with Crippen LogP contribution in [0.4, 0.5) is 0 Å². The fourth-order valence-corrected chi connectivity index (χ4v) is 2.73. The van der Waals surface area contributed by atoms with Crippen LogP contribution < -0.4 is 0 Å². The lowest BCUT2D eigenvalue weighted by Crippen LogP contribution is -2.04. The van der Waals surface area contributed by atoms with Crippen LogP contribution in [0.25, 0.3) is 0 Å². The van der Waals surface area contributed by atoms with Gasteiger partial charge in [0, 0.05) is 16.8 Å². The molecule has 96 valence electrons. The molecule has 2 heterocycles. The normalized spacial score (nSPS) is 10.6. The summed E-state index contributed by atoms with van der Waals surface area (Å²) in [5.74, 6) is -0.0130. The average molecular weight is 285 g/mol. The van der Waals surface area contributed by atoms with Crippen LogP contribution in [-0.4, -0.2) is 27.8 Å². The van der Waals surface area contributed by atoms with Crippen molar-refractivity contribution in [2.24, 2.45) is 0 Å². The molecule has 0 aliphatic carbocycles. The molecule has 0 bridgehead atoms. The molecule has 18 heavy (non-hydrogen) atoms. The molecule has 0 spiro atoms. The second kappa shape index (κ2) is 5.96. The lowest BCUT2D eigenvalue weighted by Gasteiger charge is -1.94. The quantitative estimate of drug-likeness (QED) is 0.616. The lowest BCUT2D eigenvalue weighted by atomic mass is 10.6. The highest BCUT2D eigenvalue weighted by Crippen LogP contribution is 2.24. The van der Waals surface area contributed by atoms with E-state index in [0.29, 0.717) is 11.0 Å². The van der Waals surface area contributed by atoms with Gasteiger partial charge in [-0.05, 0) is 13.8 Å². The van der Waals surface area contributed by atoms with Gasteiger partial charge in [-0.1, -0.05) is 16.9 Å². The van der Waals surface area contributed by atoms with E-state index >= 15 is 0 Å². The first-order valence-electron chi connectivity index (χ1n) is 5.23. The number of aryl methyl sites for hydroxylation is 1. The van der Waals surface area contributed by atoms with Crippen LogP contribution in [0.3, 0.4) is 0 Å². The Kier molecular flexibility index (Phi) is 4.32. The number of thioether (sulfide) groups is 1. The smallest absolute Gasteiger partial charge is 0.396 e. The summed E-state index contributed by atoms with van der Waals surface area (Å²) in [7, 11) is 0. The average Bonchev–Trinajstić information content (AvgIpc) is 2.95. The Morgan fingerprint density at radius 3 is 3.06 bits per heavy atom. The molecule has 0 fully saturated rings. The molecule has 0 aromatic carbocycles. The Morgan fingerprint density at radius 2 is 2.39 bits per heavy atom. The summed E-state index contributed by atoms with van der Waals surface area (Å²) in [5, 5.41) is 8.77. The molecule has 2 rings (SSSR count). The number of carbonyl (C=O) groups excluding carboxylic acids is 1. The monoisotopic (exact) mass is 285 g/mol. The van der Waals surface area contributed by atoms with Gasteiger partial charge in [-0.2, -0.15) is 0 Å². The van der Waals surface area contributed by atoms with E-state index < -0.39 is 5.97 Å². The van der Waals surface area contributed by atoms with Gasteiger partial charge >= 0.3 is 11.9 Å². The Morgan fingerprint density at radius 1 is 1.56 bits per heavy atom. The third-order valence-corrected chi connectivity index (χ3v) is 3.83. The Labute approximate surface area is 112 Å². The molecule has 0 aliphatic heterocycles. The first-order valence-corrected chi connectivity index (χ1v) is 7.04. The van der Waals surface area contributed by atoms with E-state index in [2.05, 4.69) is 15.2 Å². The number of nitrogens with zero attached hydrogens (tertiary/aromatic N) is 3. The van der Waals surface area contributed by atoms with Crippen molar-refractivity contribution >= 4 is 29.1 Å². The number of carbonyl (C=O) groups is 1. The molecule has 0 aliphatic rings. The zero-order chi connectivity index (χ0) is 13.0. The highest BCUT2D eigenvalue weighted by molar-refractivity contribution is 7.98. The number of hydrogen-bond donors (Lipinski definition) is 0. The van der Waals surface area contributed by atoms with Gasteiger partial charge in [0.1, 0.15) is 0 Å². The molecule has 0 N–H and O–H groups in total. The number of esters is 1. The summed E-state index contributed by atoms with van der Waals surface area (Å²) in [4.78, 5) is 16.6. The van der Waals surface area contributed by atoms with E-state index in [1.165, 1.54) is 11.8 Å². The predicted molar refractivity (Wildman–Crippen MR) is 66.7 cm³/mol. The van der Waals surface area contributed by atoms with Gasteiger partial charge in [0.2, 0.25) is 0 Å². The van der Waals surface area contributed by atoms with Crippen molar-refractivity contribution in [3.63, 3.8) is 0 Å². The van der Waals surface area contributed by atoms with Gasteiger partial charge in [0.05, 0.1) is 11.6 Å². The van der Waals surface area contributed by atoms with E-state index in [4.69, 9.17) is 9.15 Å². The van der Waals surface area contributed by atoms with Crippen LogP contribution in [0.5, 0.6) is 0 Å². The number of ether oxygens (including phenoxy) is 1. The van der Waals surface area contributed by atoms with Gasteiger partial charge in [0.15, 0.2) is 0 Å². The second-order valence-corrected chi connectivity index (χ2v) is 5.47. The van der Waals surface area contributed by atoms with E-state index in [0.717, 1.165) is 9.88 Å². The molecule has 8 heteroatoms. The number of aromatic nitrogens is 3. The van der Waals surface area contributed by atoms with Crippen LogP contribution in [0.15, 0.2) is 15.8 Å². The molecule has 0 amide bonds. The summed E-state index contributed by atoms with van der Waals surface area (Å²) in [6.45, 7) is 3.95. The van der Waals surface area contributed by atoms with Crippen LogP contribution in [0, 0.1) is 6.92 Å².